The Morgan fingerprint density at radius 2 is 1.80 bits per heavy atom. The van der Waals surface area contributed by atoms with E-state index in [0.717, 1.165) is 27.6 Å². The Balaban J connectivity index is 1.55. The number of hydrogen-bond donors (Lipinski definition) is 0. The molecule has 0 radical (unpaired) electrons. The number of ether oxygens (including phenoxy) is 2. The molecule has 1 atom stereocenters. The predicted octanol–water partition coefficient (Wildman–Crippen LogP) is 4.07. The van der Waals surface area contributed by atoms with Crippen molar-refractivity contribution in [1.29, 1.82) is 0 Å². The van der Waals surface area contributed by atoms with E-state index < -0.39 is 5.60 Å². The summed E-state index contributed by atoms with van der Waals surface area (Å²) in [4.78, 5) is 23.4. The number of aromatic nitrogens is 2. The summed E-state index contributed by atoms with van der Waals surface area (Å²) in [5.74, 6) is -0.269. The van der Waals surface area contributed by atoms with Crippen LogP contribution in [0.25, 0.3) is 11.0 Å². The predicted molar refractivity (Wildman–Crippen MR) is 137 cm³/mol. The van der Waals surface area contributed by atoms with E-state index in [-0.39, 0.29) is 23.4 Å². The first-order chi connectivity index (χ1) is 16.6. The van der Waals surface area contributed by atoms with E-state index in [1.165, 1.54) is 12.1 Å². The van der Waals surface area contributed by atoms with Gasteiger partial charge in [0.1, 0.15) is 19.3 Å². The molecule has 1 fully saturated rings. The van der Waals surface area contributed by atoms with Gasteiger partial charge in [0.15, 0.2) is 0 Å². The molecule has 35 heavy (non-hydrogen) atoms. The van der Waals surface area contributed by atoms with Gasteiger partial charge in [-0.1, -0.05) is 23.7 Å². The van der Waals surface area contributed by atoms with Gasteiger partial charge in [-0.15, -0.1) is 0 Å². The summed E-state index contributed by atoms with van der Waals surface area (Å²) >= 11 is 0. The zero-order valence-corrected chi connectivity index (χ0v) is 21.2. The van der Waals surface area contributed by atoms with E-state index in [2.05, 4.69) is 16.0 Å². The summed E-state index contributed by atoms with van der Waals surface area (Å²) in [6.45, 7) is 9.16. The molecule has 1 aliphatic rings. The fourth-order valence-corrected chi connectivity index (χ4v) is 4.70. The number of hydrogen-bond acceptors (Lipinski definition) is 5. The normalized spacial score (nSPS) is 16.8. The van der Waals surface area contributed by atoms with Gasteiger partial charge in [-0.25, -0.2) is 9.18 Å². The van der Waals surface area contributed by atoms with Crippen LogP contribution in [0.3, 0.4) is 0 Å². The van der Waals surface area contributed by atoms with Gasteiger partial charge in [0.25, 0.3) is 0 Å². The molecule has 1 aromatic heterocycles. The van der Waals surface area contributed by atoms with Gasteiger partial charge in [-0.3, -0.25) is 9.97 Å². The van der Waals surface area contributed by atoms with Crippen molar-refractivity contribution in [2.75, 3.05) is 19.7 Å². The summed E-state index contributed by atoms with van der Waals surface area (Å²) in [5.41, 5.74) is 3.91. The number of halogens is 1. The van der Waals surface area contributed by atoms with Crippen LogP contribution in [0.4, 0.5) is 9.18 Å². The maximum absolute atomic E-state index is 13.7. The fraction of sp³-hybridized carbons (Fsp3) is 0.444. The van der Waals surface area contributed by atoms with Crippen molar-refractivity contribution in [1.82, 2.24) is 14.9 Å². The third-order valence-electron chi connectivity index (χ3n) is 6.62. The van der Waals surface area contributed by atoms with Crippen LogP contribution in [0.5, 0.6) is 0 Å². The summed E-state index contributed by atoms with van der Waals surface area (Å²) in [6.07, 6.45) is 4.26. The second-order valence-corrected chi connectivity index (χ2v) is 10.5. The van der Waals surface area contributed by atoms with Crippen molar-refractivity contribution in [2.45, 2.75) is 57.7 Å². The minimum absolute atomic E-state index is 0.213. The number of rotatable bonds is 5. The van der Waals surface area contributed by atoms with Gasteiger partial charge in [-0.2, -0.15) is 0 Å². The van der Waals surface area contributed by atoms with Gasteiger partial charge in [0.2, 0.25) is 0 Å². The highest BCUT2D eigenvalue weighted by atomic mass is 19.1. The molecule has 0 aliphatic carbocycles. The molecule has 2 aromatic carbocycles. The number of carbonyl (C=O) groups is 1. The van der Waals surface area contributed by atoms with Crippen molar-refractivity contribution in [3.05, 3.63) is 65.7 Å². The number of carbonyl (C=O) groups excluding carboxylic acids is 1. The summed E-state index contributed by atoms with van der Waals surface area (Å²) in [6, 6.07) is 10.8. The van der Waals surface area contributed by atoms with Crippen LogP contribution in [0.15, 0.2) is 48.8 Å². The highest BCUT2D eigenvalue weighted by Crippen LogP contribution is 2.38. The molecule has 1 aliphatic heterocycles. The Kier molecular flexibility index (Phi) is 7.13. The summed E-state index contributed by atoms with van der Waals surface area (Å²) < 4.78 is 25.8. The van der Waals surface area contributed by atoms with E-state index in [1.807, 2.05) is 53.7 Å². The van der Waals surface area contributed by atoms with Gasteiger partial charge >= 0.3 is 6.09 Å². The number of fused-ring (bicyclic) bond motifs is 1. The third-order valence-corrected chi connectivity index (χ3v) is 6.62. The monoisotopic (exact) mass is 477 g/mol. The molecule has 184 valence electrons. The zero-order chi connectivity index (χ0) is 25.2. The van der Waals surface area contributed by atoms with Crippen molar-refractivity contribution >= 4 is 30.4 Å². The molecular formula is C27H33BFN3O3. The largest absolute Gasteiger partial charge is 0.444 e. The van der Waals surface area contributed by atoms with E-state index >= 15 is 0 Å². The van der Waals surface area contributed by atoms with E-state index in [9.17, 15) is 9.18 Å². The Morgan fingerprint density at radius 3 is 2.46 bits per heavy atom. The lowest BCUT2D eigenvalue weighted by Crippen LogP contribution is -2.48. The Bertz CT molecular complexity index is 1190. The molecule has 1 unspecified atom stereocenters. The molecule has 3 aromatic rings. The van der Waals surface area contributed by atoms with Crippen molar-refractivity contribution < 1.29 is 18.7 Å². The first-order valence-electron chi connectivity index (χ1n) is 12.1. The molecule has 4 rings (SSSR count). The van der Waals surface area contributed by atoms with Crippen LogP contribution in [0, 0.1) is 5.82 Å². The lowest BCUT2D eigenvalue weighted by Gasteiger charge is -2.42. The minimum Gasteiger partial charge on any atom is -0.444 e. The molecule has 1 amide bonds. The van der Waals surface area contributed by atoms with E-state index in [4.69, 9.17) is 9.47 Å². The number of benzene rings is 2. The Hall–Kier alpha value is -3.00. The molecule has 8 heteroatoms. The van der Waals surface area contributed by atoms with Crippen molar-refractivity contribution in [3.63, 3.8) is 0 Å². The number of nitrogens with zero attached hydrogens (tertiary/aromatic N) is 3. The zero-order valence-electron chi connectivity index (χ0n) is 21.2. The maximum Gasteiger partial charge on any atom is 0.410 e. The molecule has 0 saturated carbocycles. The fourth-order valence-electron chi connectivity index (χ4n) is 4.70. The average Bonchev–Trinajstić information content (AvgIpc) is 2.81. The third kappa shape index (κ3) is 5.81. The van der Waals surface area contributed by atoms with E-state index in [1.54, 1.807) is 17.3 Å². The number of likely N-dealkylation sites (tertiary alicyclic amines) is 1. The average molecular weight is 477 g/mol. The molecule has 1 saturated heterocycles. The van der Waals surface area contributed by atoms with Gasteiger partial charge in [0.05, 0.1) is 23.7 Å². The second kappa shape index (κ2) is 9.94. The van der Waals surface area contributed by atoms with Crippen LogP contribution < -0.4 is 5.46 Å². The number of piperidine rings is 1. The topological polar surface area (TPSA) is 64.5 Å². The highest BCUT2D eigenvalue weighted by Gasteiger charge is 2.39. The van der Waals surface area contributed by atoms with Gasteiger partial charge < -0.3 is 14.4 Å². The highest BCUT2D eigenvalue weighted by molar-refractivity contribution is 6.33. The summed E-state index contributed by atoms with van der Waals surface area (Å²) in [7, 11) is 2.04. The molecule has 0 spiro atoms. The Morgan fingerprint density at radius 1 is 1.14 bits per heavy atom. The van der Waals surface area contributed by atoms with Gasteiger partial charge in [-0.05, 0) is 64.3 Å². The molecule has 6 nitrogen and oxygen atoms in total. The lowest BCUT2D eigenvalue weighted by molar-refractivity contribution is -0.00932. The van der Waals surface area contributed by atoms with Crippen LogP contribution in [-0.4, -0.2) is 54.1 Å². The summed E-state index contributed by atoms with van der Waals surface area (Å²) in [5, 5.41) is 0. The maximum atomic E-state index is 13.7. The van der Waals surface area contributed by atoms with Gasteiger partial charge in [0, 0.05) is 36.5 Å². The smallest absolute Gasteiger partial charge is 0.410 e. The molecule has 2 heterocycles. The van der Waals surface area contributed by atoms with Crippen molar-refractivity contribution in [2.24, 2.45) is 0 Å². The quantitative estimate of drug-likeness (QED) is 0.519. The molecule has 0 bridgehead atoms. The van der Waals surface area contributed by atoms with Crippen LogP contribution in [-0.2, 0) is 14.9 Å². The first kappa shape index (κ1) is 25.1. The molecular weight excluding hydrogens is 444 g/mol. The molecule has 0 N–H and O–H groups in total. The van der Waals surface area contributed by atoms with E-state index in [0.29, 0.717) is 32.5 Å². The first-order valence-corrected chi connectivity index (χ1v) is 12.1. The minimum atomic E-state index is -0.541. The van der Waals surface area contributed by atoms with Crippen LogP contribution in [0.1, 0.15) is 57.8 Å². The van der Waals surface area contributed by atoms with Crippen LogP contribution in [0.2, 0.25) is 0 Å². The van der Waals surface area contributed by atoms with Crippen LogP contribution >= 0.6 is 0 Å². The lowest BCUT2D eigenvalue weighted by atomic mass is 9.73. The second-order valence-electron chi connectivity index (χ2n) is 10.5. The SMILES string of the molecule is Bc1cc(C(C)OCC2(c3ccc(F)cc3)CCN(C(=O)OC(C)(C)C)CC2)c2nccnc2c1. The Labute approximate surface area is 207 Å². The number of amides is 1. The van der Waals surface area contributed by atoms with Crippen molar-refractivity contribution in [3.8, 4) is 0 Å². The standard InChI is InChI=1S/C27H33BFN3O3/c1-18(22-15-20(28)16-23-24(22)31-12-11-30-23)34-17-27(19-5-7-21(29)8-6-19)9-13-32(14-10-27)25(33)35-26(2,3)4/h5-8,11-12,15-16,18H,9-10,13-14,17,28H2,1-4H3.